The fraction of sp³-hybridized carbons (Fsp3) is 0.333. The van der Waals surface area contributed by atoms with Crippen LogP contribution >= 0.6 is 0 Å². The molecule has 3 nitrogen and oxygen atoms in total. The van der Waals surface area contributed by atoms with E-state index in [1.54, 1.807) is 12.1 Å². The van der Waals surface area contributed by atoms with Gasteiger partial charge in [0.05, 0.1) is 7.11 Å². The van der Waals surface area contributed by atoms with E-state index in [4.69, 9.17) is 9.94 Å². The second kappa shape index (κ2) is 4.20. The molecule has 1 aromatic carbocycles. The highest BCUT2D eigenvalue weighted by atomic mass is 19.1. The molecular weight excluding hydrogens is 173 g/mol. The van der Waals surface area contributed by atoms with Crippen LogP contribution in [0.5, 0.6) is 5.75 Å². The fourth-order valence-corrected chi connectivity index (χ4v) is 1.07. The topological polar surface area (TPSA) is 32.7 Å². The molecule has 0 aliphatic heterocycles. The zero-order valence-electron chi connectivity index (χ0n) is 7.62. The number of halogens is 1. The molecule has 0 unspecified atom stereocenters. The molecule has 0 saturated heterocycles. The minimum atomic E-state index is -0.396. The molecule has 13 heavy (non-hydrogen) atoms. The summed E-state index contributed by atoms with van der Waals surface area (Å²) < 4.78 is 17.7. The number of hydrogen-bond acceptors (Lipinski definition) is 3. The number of nitrogens with zero attached hydrogens (tertiary/aromatic N) is 1. The van der Waals surface area contributed by atoms with E-state index in [1.807, 2.05) is 0 Å². The van der Waals surface area contributed by atoms with Crippen molar-refractivity contribution in [1.82, 2.24) is 5.06 Å². The first-order valence-corrected chi connectivity index (χ1v) is 3.86. The summed E-state index contributed by atoms with van der Waals surface area (Å²) in [6.07, 6.45) is 0. The highest BCUT2D eigenvalue weighted by Gasteiger charge is 2.04. The van der Waals surface area contributed by atoms with Gasteiger partial charge in [0, 0.05) is 13.6 Å². The standard InChI is InChI=1S/C9H12FNO2/c1-11(12)6-7-3-4-8(10)9(5-7)13-2/h3-5,12H,6H2,1-2H3. The Hall–Kier alpha value is -1.13. The number of hydroxylamine groups is 2. The van der Waals surface area contributed by atoms with Crippen molar-refractivity contribution in [2.75, 3.05) is 14.2 Å². The Morgan fingerprint density at radius 2 is 2.23 bits per heavy atom. The van der Waals surface area contributed by atoms with E-state index in [2.05, 4.69) is 0 Å². The quantitative estimate of drug-likeness (QED) is 0.727. The van der Waals surface area contributed by atoms with Crippen LogP contribution in [0, 0.1) is 5.82 Å². The Morgan fingerprint density at radius 1 is 1.54 bits per heavy atom. The maximum Gasteiger partial charge on any atom is 0.165 e. The molecule has 1 N–H and O–H groups in total. The van der Waals surface area contributed by atoms with Gasteiger partial charge in [-0.2, -0.15) is 5.06 Å². The molecule has 0 fully saturated rings. The molecule has 1 aromatic rings. The summed E-state index contributed by atoms with van der Waals surface area (Å²) in [5, 5.41) is 9.96. The van der Waals surface area contributed by atoms with E-state index in [0.717, 1.165) is 10.6 Å². The molecule has 0 radical (unpaired) electrons. The Labute approximate surface area is 76.3 Å². The van der Waals surface area contributed by atoms with Crippen molar-refractivity contribution in [3.05, 3.63) is 29.6 Å². The van der Waals surface area contributed by atoms with Crippen molar-refractivity contribution < 1.29 is 14.3 Å². The van der Waals surface area contributed by atoms with Gasteiger partial charge in [0.2, 0.25) is 0 Å². The van der Waals surface area contributed by atoms with E-state index in [-0.39, 0.29) is 5.75 Å². The molecule has 0 atom stereocenters. The maximum atomic E-state index is 12.9. The normalized spacial score (nSPS) is 10.5. The van der Waals surface area contributed by atoms with Crippen LogP contribution in [0.3, 0.4) is 0 Å². The van der Waals surface area contributed by atoms with Gasteiger partial charge in [-0.3, -0.25) is 0 Å². The summed E-state index contributed by atoms with van der Waals surface area (Å²) in [6, 6.07) is 4.48. The number of ether oxygens (including phenoxy) is 1. The van der Waals surface area contributed by atoms with Crippen molar-refractivity contribution in [1.29, 1.82) is 0 Å². The fourth-order valence-electron chi connectivity index (χ4n) is 1.07. The molecule has 72 valence electrons. The first-order valence-electron chi connectivity index (χ1n) is 3.86. The Kier molecular flexibility index (Phi) is 3.22. The number of benzene rings is 1. The summed E-state index contributed by atoms with van der Waals surface area (Å²) in [5.74, 6) is -0.203. The molecular formula is C9H12FNO2. The molecule has 0 aromatic heterocycles. The van der Waals surface area contributed by atoms with Gasteiger partial charge >= 0.3 is 0 Å². The second-order valence-corrected chi connectivity index (χ2v) is 2.78. The third kappa shape index (κ3) is 2.68. The lowest BCUT2D eigenvalue weighted by molar-refractivity contribution is -0.0731. The summed E-state index contributed by atoms with van der Waals surface area (Å²) in [5.41, 5.74) is 0.795. The monoisotopic (exact) mass is 185 g/mol. The third-order valence-electron chi connectivity index (χ3n) is 1.63. The van der Waals surface area contributed by atoms with Gasteiger partial charge < -0.3 is 9.94 Å². The van der Waals surface area contributed by atoms with Gasteiger partial charge in [0.1, 0.15) is 0 Å². The van der Waals surface area contributed by atoms with Crippen LogP contribution in [-0.2, 0) is 6.54 Å². The van der Waals surface area contributed by atoms with Gasteiger partial charge in [-0.15, -0.1) is 0 Å². The Balaban J connectivity index is 2.86. The lowest BCUT2D eigenvalue weighted by atomic mass is 10.2. The number of rotatable bonds is 3. The van der Waals surface area contributed by atoms with E-state index in [1.165, 1.54) is 20.2 Å². The molecule has 0 aliphatic rings. The van der Waals surface area contributed by atoms with Gasteiger partial charge in [-0.1, -0.05) is 6.07 Å². The predicted molar refractivity (Wildman–Crippen MR) is 46.2 cm³/mol. The van der Waals surface area contributed by atoms with Gasteiger partial charge in [-0.25, -0.2) is 4.39 Å². The van der Waals surface area contributed by atoms with Crippen molar-refractivity contribution in [2.24, 2.45) is 0 Å². The second-order valence-electron chi connectivity index (χ2n) is 2.78. The SMILES string of the molecule is COc1cc(CN(C)O)ccc1F. The minimum absolute atomic E-state index is 0.194. The Morgan fingerprint density at radius 3 is 2.77 bits per heavy atom. The average molecular weight is 185 g/mol. The van der Waals surface area contributed by atoms with Crippen LogP contribution in [0.2, 0.25) is 0 Å². The van der Waals surface area contributed by atoms with Crippen molar-refractivity contribution in [3.8, 4) is 5.75 Å². The zero-order valence-corrected chi connectivity index (χ0v) is 7.62. The van der Waals surface area contributed by atoms with E-state index in [0.29, 0.717) is 6.54 Å². The average Bonchev–Trinajstić information content (AvgIpc) is 2.07. The van der Waals surface area contributed by atoms with Gasteiger partial charge in [0.15, 0.2) is 11.6 Å². The van der Waals surface area contributed by atoms with Crippen molar-refractivity contribution >= 4 is 0 Å². The van der Waals surface area contributed by atoms with E-state index < -0.39 is 5.82 Å². The lowest BCUT2D eigenvalue weighted by Crippen LogP contribution is -2.11. The summed E-state index contributed by atoms with van der Waals surface area (Å²) in [6.45, 7) is 0.344. The molecule has 4 heteroatoms. The third-order valence-corrected chi connectivity index (χ3v) is 1.63. The molecule has 0 bridgehead atoms. The molecule has 0 saturated carbocycles. The number of methoxy groups -OCH3 is 1. The molecule has 0 aliphatic carbocycles. The first kappa shape index (κ1) is 9.95. The van der Waals surface area contributed by atoms with Crippen molar-refractivity contribution in [3.63, 3.8) is 0 Å². The lowest BCUT2D eigenvalue weighted by Gasteiger charge is -2.09. The Bertz CT molecular complexity index is 289. The molecule has 0 heterocycles. The zero-order chi connectivity index (χ0) is 9.84. The number of hydrogen-bond donors (Lipinski definition) is 1. The predicted octanol–water partition coefficient (Wildman–Crippen LogP) is 1.66. The highest BCUT2D eigenvalue weighted by Crippen LogP contribution is 2.18. The summed E-state index contributed by atoms with van der Waals surface area (Å²) in [7, 11) is 2.93. The van der Waals surface area contributed by atoms with Crippen LogP contribution in [0.1, 0.15) is 5.56 Å². The summed E-state index contributed by atoms with van der Waals surface area (Å²) in [4.78, 5) is 0. The van der Waals surface area contributed by atoms with Crippen LogP contribution in [-0.4, -0.2) is 24.4 Å². The van der Waals surface area contributed by atoms with Gasteiger partial charge in [-0.05, 0) is 17.7 Å². The van der Waals surface area contributed by atoms with Gasteiger partial charge in [0.25, 0.3) is 0 Å². The minimum Gasteiger partial charge on any atom is -0.494 e. The highest BCUT2D eigenvalue weighted by molar-refractivity contribution is 5.30. The smallest absolute Gasteiger partial charge is 0.165 e. The molecule has 0 spiro atoms. The van der Waals surface area contributed by atoms with E-state index >= 15 is 0 Å². The van der Waals surface area contributed by atoms with Crippen LogP contribution in [0.4, 0.5) is 4.39 Å². The molecule has 1 rings (SSSR count). The van der Waals surface area contributed by atoms with E-state index in [9.17, 15) is 4.39 Å². The first-order chi connectivity index (χ1) is 6.13. The largest absolute Gasteiger partial charge is 0.494 e. The maximum absolute atomic E-state index is 12.9. The molecule has 0 amide bonds. The van der Waals surface area contributed by atoms with Crippen LogP contribution < -0.4 is 4.74 Å². The van der Waals surface area contributed by atoms with Crippen LogP contribution in [0.15, 0.2) is 18.2 Å². The van der Waals surface area contributed by atoms with Crippen molar-refractivity contribution in [2.45, 2.75) is 6.54 Å². The summed E-state index contributed by atoms with van der Waals surface area (Å²) >= 11 is 0. The van der Waals surface area contributed by atoms with Crippen LogP contribution in [0.25, 0.3) is 0 Å².